The van der Waals surface area contributed by atoms with Crippen molar-refractivity contribution in [1.29, 1.82) is 0 Å². The zero-order chi connectivity index (χ0) is 20.6. The molecule has 0 saturated carbocycles. The van der Waals surface area contributed by atoms with Crippen LogP contribution in [0.15, 0.2) is 29.6 Å². The fraction of sp³-hybridized carbons (Fsp3) is 0.476. The van der Waals surface area contributed by atoms with E-state index < -0.39 is 0 Å². The van der Waals surface area contributed by atoms with E-state index in [4.69, 9.17) is 0 Å². The number of carbonyl (C=O) groups excluding carboxylic acids is 2. The molecule has 2 aromatic rings. The Morgan fingerprint density at radius 2 is 1.90 bits per heavy atom. The lowest BCUT2D eigenvalue weighted by Crippen LogP contribution is -2.43. The van der Waals surface area contributed by atoms with Gasteiger partial charge in [0, 0.05) is 63.7 Å². The summed E-state index contributed by atoms with van der Waals surface area (Å²) in [6, 6.07) is 8.52. The van der Waals surface area contributed by atoms with E-state index in [2.05, 4.69) is 56.7 Å². The van der Waals surface area contributed by atoms with Crippen molar-refractivity contribution in [2.45, 2.75) is 19.9 Å². The number of hydrogen-bond donors (Lipinski definition) is 2. The van der Waals surface area contributed by atoms with Crippen LogP contribution in [-0.2, 0) is 22.6 Å². The minimum absolute atomic E-state index is 0.0870. The summed E-state index contributed by atoms with van der Waals surface area (Å²) in [6.07, 6.45) is 0.248. The lowest BCUT2D eigenvalue weighted by atomic mass is 10.1. The fourth-order valence-corrected chi connectivity index (χ4v) is 4.07. The Labute approximate surface area is 176 Å². The SMILES string of the molecule is CC(=O)NCCNC(=O)Cc1csc(-c2cccc(CN3CCN(C)CC3)c2)n1. The van der Waals surface area contributed by atoms with E-state index in [0.29, 0.717) is 13.1 Å². The number of piperazine rings is 1. The smallest absolute Gasteiger partial charge is 0.226 e. The Balaban J connectivity index is 1.53. The van der Waals surface area contributed by atoms with Gasteiger partial charge >= 0.3 is 0 Å². The summed E-state index contributed by atoms with van der Waals surface area (Å²) in [4.78, 5) is 32.3. The third kappa shape index (κ3) is 6.92. The van der Waals surface area contributed by atoms with Gasteiger partial charge in [0.15, 0.2) is 0 Å². The van der Waals surface area contributed by atoms with Crippen LogP contribution in [0.5, 0.6) is 0 Å². The summed E-state index contributed by atoms with van der Waals surface area (Å²) in [5.74, 6) is -0.186. The van der Waals surface area contributed by atoms with E-state index in [9.17, 15) is 9.59 Å². The van der Waals surface area contributed by atoms with Crippen molar-refractivity contribution in [2.24, 2.45) is 0 Å². The number of nitrogens with zero attached hydrogens (tertiary/aromatic N) is 3. The van der Waals surface area contributed by atoms with Crippen LogP contribution in [0.25, 0.3) is 10.6 Å². The number of benzene rings is 1. The highest BCUT2D eigenvalue weighted by Gasteiger charge is 2.14. The van der Waals surface area contributed by atoms with E-state index in [1.54, 1.807) is 11.3 Å². The first-order chi connectivity index (χ1) is 14.0. The van der Waals surface area contributed by atoms with Crippen LogP contribution in [-0.4, -0.2) is 72.9 Å². The average Bonchev–Trinajstić information content (AvgIpc) is 3.16. The molecule has 156 valence electrons. The summed E-state index contributed by atoms with van der Waals surface area (Å²) < 4.78 is 0. The molecule has 1 aromatic carbocycles. The molecule has 2 heterocycles. The predicted octanol–water partition coefficient (Wildman–Crippen LogP) is 1.35. The first-order valence-corrected chi connectivity index (χ1v) is 10.8. The number of rotatable bonds is 8. The molecule has 0 aliphatic carbocycles. The van der Waals surface area contributed by atoms with Gasteiger partial charge in [0.2, 0.25) is 11.8 Å². The number of hydrogen-bond acceptors (Lipinski definition) is 6. The topological polar surface area (TPSA) is 77.6 Å². The maximum absolute atomic E-state index is 12.0. The van der Waals surface area contributed by atoms with Gasteiger partial charge in [-0.1, -0.05) is 18.2 Å². The molecule has 0 atom stereocenters. The molecule has 2 amide bonds. The van der Waals surface area contributed by atoms with Gasteiger partial charge in [-0.2, -0.15) is 0 Å². The van der Waals surface area contributed by atoms with Crippen molar-refractivity contribution >= 4 is 23.2 Å². The summed E-state index contributed by atoms with van der Waals surface area (Å²) in [5, 5.41) is 8.33. The average molecular weight is 416 g/mol. The van der Waals surface area contributed by atoms with Crippen molar-refractivity contribution in [1.82, 2.24) is 25.4 Å². The Bertz CT molecular complexity index is 830. The Morgan fingerprint density at radius 3 is 2.66 bits per heavy atom. The summed E-state index contributed by atoms with van der Waals surface area (Å²) in [6.45, 7) is 7.69. The minimum Gasteiger partial charge on any atom is -0.355 e. The zero-order valence-electron chi connectivity index (χ0n) is 17.1. The van der Waals surface area contributed by atoms with E-state index in [0.717, 1.165) is 49.0 Å². The third-order valence-corrected chi connectivity index (χ3v) is 5.83. The predicted molar refractivity (Wildman–Crippen MR) is 116 cm³/mol. The maximum atomic E-state index is 12.0. The van der Waals surface area contributed by atoms with Crippen LogP contribution < -0.4 is 10.6 Å². The van der Waals surface area contributed by atoms with Gasteiger partial charge in [-0.25, -0.2) is 4.98 Å². The molecule has 1 aromatic heterocycles. The number of nitrogens with one attached hydrogen (secondary N) is 2. The second kappa shape index (κ2) is 10.5. The molecule has 1 saturated heterocycles. The highest BCUT2D eigenvalue weighted by molar-refractivity contribution is 7.13. The summed E-state index contributed by atoms with van der Waals surface area (Å²) >= 11 is 1.56. The molecule has 29 heavy (non-hydrogen) atoms. The minimum atomic E-state index is -0.0988. The standard InChI is InChI=1S/C21H29N5O2S/c1-16(27)22-6-7-23-20(28)13-19-15-29-21(24-19)18-5-3-4-17(12-18)14-26-10-8-25(2)9-11-26/h3-5,12,15H,6-11,13-14H2,1-2H3,(H,22,27)(H,23,28). The second-order valence-corrected chi connectivity index (χ2v) is 8.29. The van der Waals surface area contributed by atoms with E-state index in [-0.39, 0.29) is 18.2 Å². The highest BCUT2D eigenvalue weighted by atomic mass is 32.1. The van der Waals surface area contributed by atoms with Gasteiger partial charge < -0.3 is 15.5 Å². The number of thiazole rings is 1. The highest BCUT2D eigenvalue weighted by Crippen LogP contribution is 2.25. The zero-order valence-corrected chi connectivity index (χ0v) is 17.9. The molecule has 8 heteroatoms. The molecule has 7 nitrogen and oxygen atoms in total. The van der Waals surface area contributed by atoms with E-state index in [1.807, 2.05) is 5.38 Å². The summed E-state index contributed by atoms with van der Waals surface area (Å²) in [7, 11) is 2.17. The van der Waals surface area contributed by atoms with Crippen molar-refractivity contribution in [3.8, 4) is 10.6 Å². The third-order valence-electron chi connectivity index (χ3n) is 4.89. The fourth-order valence-electron chi connectivity index (χ4n) is 3.26. The van der Waals surface area contributed by atoms with Crippen LogP contribution >= 0.6 is 11.3 Å². The molecule has 0 radical (unpaired) electrons. The van der Waals surface area contributed by atoms with Gasteiger partial charge in [0.1, 0.15) is 5.01 Å². The molecule has 1 aliphatic rings. The van der Waals surface area contributed by atoms with Crippen molar-refractivity contribution in [2.75, 3.05) is 46.3 Å². The van der Waals surface area contributed by atoms with Gasteiger partial charge in [-0.05, 0) is 18.7 Å². The first kappa shape index (κ1) is 21.4. The van der Waals surface area contributed by atoms with E-state index in [1.165, 1.54) is 12.5 Å². The normalized spacial score (nSPS) is 15.2. The van der Waals surface area contributed by atoms with Crippen molar-refractivity contribution in [3.63, 3.8) is 0 Å². The maximum Gasteiger partial charge on any atom is 0.226 e. The molecular weight excluding hydrogens is 386 g/mol. The van der Waals surface area contributed by atoms with E-state index >= 15 is 0 Å². The molecule has 3 rings (SSSR count). The monoisotopic (exact) mass is 415 g/mol. The van der Waals surface area contributed by atoms with Gasteiger partial charge in [-0.3, -0.25) is 14.5 Å². The molecule has 0 bridgehead atoms. The quantitative estimate of drug-likeness (QED) is 0.637. The molecular formula is C21H29N5O2S. The Morgan fingerprint density at radius 1 is 1.14 bits per heavy atom. The lowest BCUT2D eigenvalue weighted by molar-refractivity contribution is -0.121. The molecule has 0 spiro atoms. The van der Waals surface area contributed by atoms with Crippen molar-refractivity contribution in [3.05, 3.63) is 40.9 Å². The number of carbonyl (C=O) groups is 2. The number of amides is 2. The Hall–Kier alpha value is -2.29. The second-order valence-electron chi connectivity index (χ2n) is 7.43. The number of aromatic nitrogens is 1. The molecule has 1 aliphatic heterocycles. The van der Waals surface area contributed by atoms with Crippen LogP contribution in [0.2, 0.25) is 0 Å². The Kier molecular flexibility index (Phi) is 7.74. The largest absolute Gasteiger partial charge is 0.355 e. The molecule has 1 fully saturated rings. The number of likely N-dealkylation sites (N-methyl/N-ethyl adjacent to an activating group) is 1. The lowest BCUT2D eigenvalue weighted by Gasteiger charge is -2.32. The van der Waals surface area contributed by atoms with Gasteiger partial charge in [0.05, 0.1) is 12.1 Å². The molecule has 2 N–H and O–H groups in total. The molecule has 0 unspecified atom stereocenters. The summed E-state index contributed by atoms with van der Waals surface area (Å²) in [5.41, 5.74) is 3.16. The van der Waals surface area contributed by atoms with Crippen LogP contribution in [0.1, 0.15) is 18.2 Å². The van der Waals surface area contributed by atoms with Crippen molar-refractivity contribution < 1.29 is 9.59 Å². The first-order valence-electron chi connectivity index (χ1n) is 9.95. The van der Waals surface area contributed by atoms with Crippen LogP contribution in [0.4, 0.5) is 0 Å². The van der Waals surface area contributed by atoms with Crippen LogP contribution in [0, 0.1) is 0 Å². The van der Waals surface area contributed by atoms with Crippen LogP contribution in [0.3, 0.4) is 0 Å². The van der Waals surface area contributed by atoms with Gasteiger partial charge in [-0.15, -0.1) is 11.3 Å². The van der Waals surface area contributed by atoms with Gasteiger partial charge in [0.25, 0.3) is 0 Å².